The summed E-state index contributed by atoms with van der Waals surface area (Å²) >= 11 is 0. The second-order valence-corrected chi connectivity index (χ2v) is 10.3. The summed E-state index contributed by atoms with van der Waals surface area (Å²) < 4.78 is 27.8. The summed E-state index contributed by atoms with van der Waals surface area (Å²) in [6, 6.07) is 10.1. The molecule has 1 unspecified atom stereocenters. The average molecular weight is 485 g/mol. The zero-order valence-corrected chi connectivity index (χ0v) is 18.4. The second-order valence-electron chi connectivity index (χ2n) is 8.34. The van der Waals surface area contributed by atoms with Crippen molar-refractivity contribution in [2.45, 2.75) is 17.4 Å². The van der Waals surface area contributed by atoms with Gasteiger partial charge in [0.1, 0.15) is 0 Å². The Kier molecular flexibility index (Phi) is 4.91. The van der Waals surface area contributed by atoms with E-state index in [0.29, 0.717) is 11.3 Å². The van der Waals surface area contributed by atoms with E-state index in [-0.39, 0.29) is 36.6 Å². The number of rotatable bonds is 3. The van der Waals surface area contributed by atoms with Gasteiger partial charge >= 0.3 is 6.03 Å². The van der Waals surface area contributed by atoms with Crippen molar-refractivity contribution < 1.29 is 27.7 Å². The highest BCUT2D eigenvalue weighted by Gasteiger charge is 2.61. The van der Waals surface area contributed by atoms with Gasteiger partial charge in [0, 0.05) is 43.9 Å². The van der Waals surface area contributed by atoms with Gasteiger partial charge in [-0.3, -0.25) is 30.3 Å². The standard InChI is InChI=1S/C21H19N5O7S/c27-18-21(19(28)23-20(29)22-18)11-13-10-14(26(30)31)6-7-16(13)25-9-8-24(12-17(21)25)34(32,33)15-4-2-1-3-5-15/h1-7,10,17H,8-9,11-12H2,(H2,22,23,27,28,29). The Labute approximate surface area is 193 Å². The number of nitrogens with one attached hydrogen (secondary N) is 2. The molecule has 3 aliphatic heterocycles. The van der Waals surface area contributed by atoms with Gasteiger partial charge in [0.05, 0.1) is 15.9 Å². The van der Waals surface area contributed by atoms with Gasteiger partial charge < -0.3 is 4.90 Å². The SMILES string of the molecule is O=C1NC(=O)C2(Cc3cc([N+](=O)[O-])ccc3N3CCN(S(=O)(=O)c4ccccc4)CC32)C(=O)N1. The summed E-state index contributed by atoms with van der Waals surface area (Å²) in [4.78, 5) is 50.7. The number of barbiturate groups is 1. The maximum absolute atomic E-state index is 13.3. The number of sulfonamides is 1. The highest BCUT2D eigenvalue weighted by Crippen LogP contribution is 2.45. The third kappa shape index (κ3) is 3.15. The fourth-order valence-corrected chi connectivity index (χ4v) is 6.44. The highest BCUT2D eigenvalue weighted by molar-refractivity contribution is 7.89. The molecule has 1 spiro atoms. The number of nitro benzene ring substituents is 1. The molecule has 5 rings (SSSR count). The highest BCUT2D eigenvalue weighted by atomic mass is 32.2. The van der Waals surface area contributed by atoms with Crippen molar-refractivity contribution in [3.8, 4) is 0 Å². The van der Waals surface area contributed by atoms with E-state index in [1.54, 1.807) is 29.2 Å². The summed E-state index contributed by atoms with van der Waals surface area (Å²) in [5.41, 5.74) is -1.09. The molecule has 0 saturated carbocycles. The first-order valence-corrected chi connectivity index (χ1v) is 11.8. The molecule has 12 nitrogen and oxygen atoms in total. The van der Waals surface area contributed by atoms with Gasteiger partial charge in [-0.05, 0) is 23.8 Å². The van der Waals surface area contributed by atoms with Crippen molar-refractivity contribution in [3.63, 3.8) is 0 Å². The van der Waals surface area contributed by atoms with Crippen LogP contribution in [0.1, 0.15) is 5.56 Å². The zero-order chi connectivity index (χ0) is 24.3. The maximum Gasteiger partial charge on any atom is 0.328 e. The smallest absolute Gasteiger partial charge is 0.328 e. The molecule has 0 aromatic heterocycles. The number of hydrogen-bond donors (Lipinski definition) is 2. The molecular formula is C21H19N5O7S. The number of piperazine rings is 1. The van der Waals surface area contributed by atoms with Crippen LogP contribution in [0.15, 0.2) is 53.4 Å². The Balaban J connectivity index is 1.62. The average Bonchev–Trinajstić information content (AvgIpc) is 2.82. The number of nitro groups is 1. The number of imide groups is 2. The summed E-state index contributed by atoms with van der Waals surface area (Å²) in [6.45, 7) is 0.0168. The van der Waals surface area contributed by atoms with Crippen LogP contribution in [-0.4, -0.2) is 61.2 Å². The zero-order valence-electron chi connectivity index (χ0n) is 17.6. The third-order valence-corrected chi connectivity index (χ3v) is 8.49. The third-order valence-electron chi connectivity index (χ3n) is 6.61. The van der Waals surface area contributed by atoms with Crippen LogP contribution in [0.3, 0.4) is 0 Å². The van der Waals surface area contributed by atoms with Crippen LogP contribution in [0.5, 0.6) is 0 Å². The molecule has 2 aromatic rings. The molecule has 3 aliphatic rings. The number of hydrogen-bond acceptors (Lipinski definition) is 8. The minimum Gasteiger partial charge on any atom is -0.364 e. The van der Waals surface area contributed by atoms with Crippen molar-refractivity contribution >= 4 is 39.2 Å². The monoisotopic (exact) mass is 485 g/mol. The predicted molar refractivity (Wildman–Crippen MR) is 117 cm³/mol. The minimum atomic E-state index is -3.92. The molecule has 4 amide bonds. The Morgan fingerprint density at radius 2 is 1.68 bits per heavy atom. The number of amides is 4. The Hall–Kier alpha value is -3.84. The van der Waals surface area contributed by atoms with Gasteiger partial charge in [-0.25, -0.2) is 13.2 Å². The van der Waals surface area contributed by atoms with Crippen LogP contribution in [0.25, 0.3) is 0 Å². The normalized spacial score (nSPS) is 21.9. The summed E-state index contributed by atoms with van der Waals surface area (Å²) in [5.74, 6) is -1.74. The number of anilines is 1. The number of nitrogens with zero attached hydrogens (tertiary/aromatic N) is 3. The largest absolute Gasteiger partial charge is 0.364 e. The Bertz CT molecular complexity index is 1320. The summed E-state index contributed by atoms with van der Waals surface area (Å²) in [5, 5.41) is 15.5. The van der Waals surface area contributed by atoms with E-state index in [9.17, 15) is 32.9 Å². The molecule has 176 valence electrons. The lowest BCUT2D eigenvalue weighted by atomic mass is 9.68. The number of fused-ring (bicyclic) bond motifs is 4. The molecule has 2 saturated heterocycles. The van der Waals surface area contributed by atoms with Crippen LogP contribution in [-0.2, 0) is 26.0 Å². The number of urea groups is 1. The van der Waals surface area contributed by atoms with E-state index >= 15 is 0 Å². The summed E-state index contributed by atoms with van der Waals surface area (Å²) in [7, 11) is -3.92. The van der Waals surface area contributed by atoms with Crippen molar-refractivity contribution in [3.05, 3.63) is 64.2 Å². The molecule has 0 aliphatic carbocycles. The van der Waals surface area contributed by atoms with E-state index in [1.165, 1.54) is 28.6 Å². The maximum atomic E-state index is 13.3. The van der Waals surface area contributed by atoms with Gasteiger partial charge in [0.25, 0.3) is 5.69 Å². The molecule has 34 heavy (non-hydrogen) atoms. The summed E-state index contributed by atoms with van der Waals surface area (Å²) in [6.07, 6.45) is -0.227. The predicted octanol–water partition coefficient (Wildman–Crippen LogP) is 0.383. The quantitative estimate of drug-likeness (QED) is 0.359. The topological polar surface area (TPSA) is 159 Å². The van der Waals surface area contributed by atoms with Crippen LogP contribution < -0.4 is 15.5 Å². The molecule has 2 aromatic carbocycles. The number of benzene rings is 2. The van der Waals surface area contributed by atoms with Crippen molar-refractivity contribution in [1.29, 1.82) is 0 Å². The Morgan fingerprint density at radius 1 is 1.00 bits per heavy atom. The molecule has 2 fully saturated rings. The molecular weight excluding hydrogens is 466 g/mol. The molecule has 3 heterocycles. The first-order valence-electron chi connectivity index (χ1n) is 10.4. The number of carbonyl (C=O) groups is 3. The van der Waals surface area contributed by atoms with Crippen LogP contribution in [0, 0.1) is 15.5 Å². The minimum absolute atomic E-state index is 0.0718. The lowest BCUT2D eigenvalue weighted by Gasteiger charge is -2.53. The fraction of sp³-hybridized carbons (Fsp3) is 0.286. The Morgan fingerprint density at radius 3 is 2.32 bits per heavy atom. The first-order chi connectivity index (χ1) is 16.1. The van der Waals surface area contributed by atoms with Crippen LogP contribution in [0.4, 0.5) is 16.2 Å². The van der Waals surface area contributed by atoms with Gasteiger partial charge in [0.2, 0.25) is 21.8 Å². The van der Waals surface area contributed by atoms with Crippen molar-refractivity contribution in [2.75, 3.05) is 24.5 Å². The van der Waals surface area contributed by atoms with E-state index in [2.05, 4.69) is 10.6 Å². The first kappa shape index (κ1) is 22.0. The molecule has 1 atom stereocenters. The lowest BCUT2D eigenvalue weighted by Crippen LogP contribution is -2.74. The molecule has 13 heteroatoms. The van der Waals surface area contributed by atoms with Crippen LogP contribution in [0.2, 0.25) is 0 Å². The van der Waals surface area contributed by atoms with Gasteiger partial charge in [0.15, 0.2) is 5.41 Å². The van der Waals surface area contributed by atoms with E-state index in [0.717, 1.165) is 0 Å². The molecule has 0 bridgehead atoms. The lowest BCUT2D eigenvalue weighted by molar-refractivity contribution is -0.384. The molecule has 2 N–H and O–H groups in total. The van der Waals surface area contributed by atoms with E-state index in [4.69, 9.17) is 0 Å². The number of carbonyl (C=O) groups excluding carboxylic acids is 3. The van der Waals surface area contributed by atoms with Crippen LogP contribution >= 0.6 is 0 Å². The van der Waals surface area contributed by atoms with Gasteiger partial charge in [-0.2, -0.15) is 4.31 Å². The van der Waals surface area contributed by atoms with E-state index in [1.807, 2.05) is 0 Å². The molecule has 0 radical (unpaired) electrons. The van der Waals surface area contributed by atoms with Crippen molar-refractivity contribution in [2.24, 2.45) is 5.41 Å². The van der Waals surface area contributed by atoms with Gasteiger partial charge in [-0.1, -0.05) is 18.2 Å². The van der Waals surface area contributed by atoms with E-state index < -0.39 is 44.2 Å². The van der Waals surface area contributed by atoms with Crippen molar-refractivity contribution in [1.82, 2.24) is 14.9 Å². The second kappa shape index (κ2) is 7.60. The van der Waals surface area contributed by atoms with Gasteiger partial charge in [-0.15, -0.1) is 0 Å². The fourth-order valence-electron chi connectivity index (χ4n) is 4.98. The number of non-ortho nitro benzene ring substituents is 1.